The Bertz CT molecular complexity index is 633. The minimum absolute atomic E-state index is 0.171. The summed E-state index contributed by atoms with van der Waals surface area (Å²) in [4.78, 5) is 19.1. The summed E-state index contributed by atoms with van der Waals surface area (Å²) in [5, 5.41) is 0. The molecule has 6 nitrogen and oxygen atoms in total. The highest BCUT2D eigenvalue weighted by atomic mass is 16.5. The van der Waals surface area contributed by atoms with Crippen molar-refractivity contribution in [1.29, 1.82) is 0 Å². The van der Waals surface area contributed by atoms with Crippen LogP contribution >= 0.6 is 0 Å². The second kappa shape index (κ2) is 6.36. The second-order valence-corrected chi connectivity index (χ2v) is 5.47. The number of fused-ring (bicyclic) bond motifs is 1. The van der Waals surface area contributed by atoms with Crippen molar-refractivity contribution in [3.05, 3.63) is 41.9 Å². The van der Waals surface area contributed by atoms with Gasteiger partial charge in [0.15, 0.2) is 0 Å². The molecule has 0 bridgehead atoms. The summed E-state index contributed by atoms with van der Waals surface area (Å²) >= 11 is 0. The summed E-state index contributed by atoms with van der Waals surface area (Å²) < 4.78 is 12.4. The first-order chi connectivity index (χ1) is 10.7. The van der Waals surface area contributed by atoms with Gasteiger partial charge in [0, 0.05) is 31.7 Å². The van der Waals surface area contributed by atoms with Crippen molar-refractivity contribution in [3.63, 3.8) is 0 Å². The minimum Gasteiger partial charge on any atom is -0.472 e. The molecule has 0 amide bonds. The first kappa shape index (κ1) is 14.8. The number of esters is 1. The highest BCUT2D eigenvalue weighted by Crippen LogP contribution is 2.30. The predicted molar refractivity (Wildman–Crippen MR) is 80.1 cm³/mol. The third-order valence-corrected chi connectivity index (χ3v) is 4.00. The number of carbonyl (C=O) groups excluding carboxylic acids is 1. The van der Waals surface area contributed by atoms with Crippen LogP contribution in [-0.4, -0.2) is 33.6 Å². The van der Waals surface area contributed by atoms with Crippen LogP contribution in [-0.2, 0) is 29.2 Å². The van der Waals surface area contributed by atoms with Gasteiger partial charge in [-0.3, -0.25) is 9.69 Å². The predicted octanol–water partition coefficient (Wildman–Crippen LogP) is 2.16. The number of rotatable bonds is 5. The van der Waals surface area contributed by atoms with E-state index in [-0.39, 0.29) is 11.9 Å². The van der Waals surface area contributed by atoms with E-state index in [9.17, 15) is 4.79 Å². The van der Waals surface area contributed by atoms with E-state index in [1.54, 1.807) is 12.5 Å². The molecule has 1 atom stereocenters. The van der Waals surface area contributed by atoms with Crippen molar-refractivity contribution < 1.29 is 13.9 Å². The van der Waals surface area contributed by atoms with Gasteiger partial charge >= 0.3 is 5.97 Å². The molecule has 0 radical (unpaired) electrons. The van der Waals surface area contributed by atoms with E-state index in [1.165, 1.54) is 0 Å². The normalized spacial score (nSPS) is 18.2. The number of hydrogen-bond acceptors (Lipinski definition) is 5. The van der Waals surface area contributed by atoms with Gasteiger partial charge in [0.1, 0.15) is 5.92 Å². The molecule has 1 unspecified atom stereocenters. The third-order valence-electron chi connectivity index (χ3n) is 4.00. The maximum atomic E-state index is 12.4. The maximum Gasteiger partial charge on any atom is 0.316 e. The van der Waals surface area contributed by atoms with Gasteiger partial charge < -0.3 is 13.7 Å². The molecule has 0 spiro atoms. The fourth-order valence-electron chi connectivity index (χ4n) is 3.02. The van der Waals surface area contributed by atoms with Crippen LogP contribution in [0.5, 0.6) is 0 Å². The zero-order valence-corrected chi connectivity index (χ0v) is 13.0. The maximum absolute atomic E-state index is 12.4. The van der Waals surface area contributed by atoms with Gasteiger partial charge in [0.2, 0.25) is 0 Å². The van der Waals surface area contributed by atoms with Crippen molar-refractivity contribution in [2.45, 2.75) is 39.4 Å². The summed E-state index contributed by atoms with van der Waals surface area (Å²) in [7, 11) is 0. The van der Waals surface area contributed by atoms with E-state index in [1.807, 2.05) is 23.9 Å². The molecule has 118 valence electrons. The fourth-order valence-corrected chi connectivity index (χ4v) is 3.02. The van der Waals surface area contributed by atoms with E-state index >= 15 is 0 Å². The van der Waals surface area contributed by atoms with E-state index in [0.717, 1.165) is 36.6 Å². The summed E-state index contributed by atoms with van der Waals surface area (Å²) in [5.74, 6) is -0.450. The zero-order valence-electron chi connectivity index (χ0n) is 13.0. The lowest BCUT2D eigenvalue weighted by atomic mass is 9.97. The zero-order chi connectivity index (χ0) is 15.5. The van der Waals surface area contributed by atoms with Crippen molar-refractivity contribution >= 4 is 5.97 Å². The average Bonchev–Trinajstić information content (AvgIpc) is 3.15. The van der Waals surface area contributed by atoms with Crippen LogP contribution in [0.4, 0.5) is 0 Å². The molecule has 0 aliphatic carbocycles. The van der Waals surface area contributed by atoms with Crippen molar-refractivity contribution in [1.82, 2.24) is 14.5 Å². The second-order valence-electron chi connectivity index (χ2n) is 5.47. The lowest BCUT2D eigenvalue weighted by molar-refractivity contribution is -0.146. The van der Waals surface area contributed by atoms with Gasteiger partial charge in [-0.25, -0.2) is 4.98 Å². The van der Waals surface area contributed by atoms with Crippen LogP contribution < -0.4 is 0 Å². The Kier molecular flexibility index (Phi) is 4.29. The Labute approximate surface area is 129 Å². The average molecular weight is 303 g/mol. The van der Waals surface area contributed by atoms with Crippen molar-refractivity contribution in [3.8, 4) is 0 Å². The van der Waals surface area contributed by atoms with Crippen LogP contribution in [0, 0.1) is 0 Å². The standard InChI is InChI=1S/C16H21N3O3/c1-3-19-11-17-14-9-18(7-12-5-6-21-10-12)8-13(15(14)19)16(20)22-4-2/h5-6,10-11,13H,3-4,7-9H2,1-2H3. The number of carbonyl (C=O) groups is 1. The van der Waals surface area contributed by atoms with Gasteiger partial charge in [-0.05, 0) is 19.9 Å². The lowest BCUT2D eigenvalue weighted by Crippen LogP contribution is -2.38. The van der Waals surface area contributed by atoms with Gasteiger partial charge in [-0.1, -0.05) is 0 Å². The summed E-state index contributed by atoms with van der Waals surface area (Å²) in [6.07, 6.45) is 5.22. The molecule has 0 fully saturated rings. The van der Waals surface area contributed by atoms with E-state index in [4.69, 9.17) is 9.15 Å². The molecular formula is C16H21N3O3. The molecule has 3 heterocycles. The first-order valence-electron chi connectivity index (χ1n) is 7.66. The molecular weight excluding hydrogens is 282 g/mol. The molecule has 1 aliphatic heterocycles. The number of nitrogens with zero attached hydrogens (tertiary/aromatic N) is 3. The summed E-state index contributed by atoms with van der Waals surface area (Å²) in [6, 6.07) is 1.94. The number of furan rings is 1. The Morgan fingerprint density at radius 1 is 1.50 bits per heavy atom. The Morgan fingerprint density at radius 2 is 2.36 bits per heavy atom. The van der Waals surface area contributed by atoms with Gasteiger partial charge in [0.25, 0.3) is 0 Å². The van der Waals surface area contributed by atoms with Crippen LogP contribution in [0.2, 0.25) is 0 Å². The molecule has 1 aliphatic rings. The van der Waals surface area contributed by atoms with Crippen LogP contribution in [0.1, 0.15) is 36.7 Å². The van der Waals surface area contributed by atoms with Gasteiger partial charge in [-0.15, -0.1) is 0 Å². The van der Waals surface area contributed by atoms with Crippen LogP contribution in [0.3, 0.4) is 0 Å². The Hall–Kier alpha value is -2.08. The van der Waals surface area contributed by atoms with E-state index < -0.39 is 0 Å². The summed E-state index contributed by atoms with van der Waals surface area (Å²) in [6.45, 7) is 7.22. The van der Waals surface area contributed by atoms with Crippen molar-refractivity contribution in [2.24, 2.45) is 0 Å². The topological polar surface area (TPSA) is 60.5 Å². The molecule has 3 rings (SSSR count). The quantitative estimate of drug-likeness (QED) is 0.792. The highest BCUT2D eigenvalue weighted by Gasteiger charge is 2.35. The number of hydrogen-bond donors (Lipinski definition) is 0. The Balaban J connectivity index is 1.86. The SMILES string of the molecule is CCOC(=O)C1CN(Cc2ccoc2)Cc2ncn(CC)c21. The summed E-state index contributed by atoms with van der Waals surface area (Å²) in [5.41, 5.74) is 3.07. The first-order valence-corrected chi connectivity index (χ1v) is 7.66. The number of imidazole rings is 1. The third kappa shape index (κ3) is 2.78. The fraction of sp³-hybridized carbons (Fsp3) is 0.500. The number of ether oxygens (including phenoxy) is 1. The van der Waals surface area contributed by atoms with Gasteiger partial charge in [-0.2, -0.15) is 0 Å². The van der Waals surface area contributed by atoms with E-state index in [2.05, 4.69) is 16.8 Å². The van der Waals surface area contributed by atoms with Crippen molar-refractivity contribution in [2.75, 3.05) is 13.2 Å². The largest absolute Gasteiger partial charge is 0.472 e. The molecule has 0 N–H and O–H groups in total. The molecule has 2 aromatic heterocycles. The number of aromatic nitrogens is 2. The minimum atomic E-state index is -0.280. The Morgan fingerprint density at radius 3 is 3.05 bits per heavy atom. The number of aryl methyl sites for hydroxylation is 1. The van der Waals surface area contributed by atoms with Gasteiger partial charge in [0.05, 0.1) is 36.8 Å². The molecule has 2 aromatic rings. The molecule has 0 saturated heterocycles. The molecule has 22 heavy (non-hydrogen) atoms. The smallest absolute Gasteiger partial charge is 0.316 e. The van der Waals surface area contributed by atoms with E-state index in [0.29, 0.717) is 13.2 Å². The van der Waals surface area contributed by atoms with Crippen LogP contribution in [0.15, 0.2) is 29.3 Å². The monoisotopic (exact) mass is 303 g/mol. The molecule has 0 aromatic carbocycles. The lowest BCUT2D eigenvalue weighted by Gasteiger charge is -2.31. The molecule has 0 saturated carbocycles. The van der Waals surface area contributed by atoms with Crippen LogP contribution in [0.25, 0.3) is 0 Å². The molecule has 6 heteroatoms. The highest BCUT2D eigenvalue weighted by molar-refractivity contribution is 5.78.